The van der Waals surface area contributed by atoms with E-state index in [2.05, 4.69) is 0 Å². The summed E-state index contributed by atoms with van der Waals surface area (Å²) in [5, 5.41) is 2.69. The minimum atomic E-state index is 0.123. The average molecular weight is 280 g/mol. The third-order valence-electron chi connectivity index (χ3n) is 2.64. The van der Waals surface area contributed by atoms with Gasteiger partial charge in [0.05, 0.1) is 6.42 Å². The molecular weight excluding hydrogens is 266 g/mol. The second kappa shape index (κ2) is 6.03. The quantitative estimate of drug-likeness (QED) is 0.837. The van der Waals surface area contributed by atoms with E-state index in [1.807, 2.05) is 48.8 Å². The lowest BCUT2D eigenvalue weighted by molar-refractivity contribution is -0.129. The van der Waals surface area contributed by atoms with E-state index in [0.29, 0.717) is 18.0 Å². The number of rotatable bonds is 4. The number of likely N-dealkylation sites (N-methyl/N-ethyl adjacent to an activating group) is 1. The van der Waals surface area contributed by atoms with E-state index >= 15 is 0 Å². The molecule has 94 valence electrons. The van der Waals surface area contributed by atoms with Crippen LogP contribution in [0.15, 0.2) is 41.8 Å². The topological polar surface area (TPSA) is 20.3 Å². The first-order chi connectivity index (χ1) is 8.65. The number of hydrogen-bond donors (Lipinski definition) is 0. The van der Waals surface area contributed by atoms with Gasteiger partial charge in [0, 0.05) is 23.5 Å². The van der Waals surface area contributed by atoms with Gasteiger partial charge in [-0.15, -0.1) is 11.3 Å². The highest BCUT2D eigenvalue weighted by molar-refractivity contribution is 7.10. The highest BCUT2D eigenvalue weighted by Crippen LogP contribution is 2.14. The number of nitrogens with zero attached hydrogens (tertiary/aromatic N) is 1. The van der Waals surface area contributed by atoms with Crippen LogP contribution in [0.4, 0.5) is 0 Å². The van der Waals surface area contributed by atoms with E-state index in [4.69, 9.17) is 11.6 Å². The summed E-state index contributed by atoms with van der Waals surface area (Å²) in [4.78, 5) is 14.8. The number of benzene rings is 1. The fourth-order valence-corrected chi connectivity index (χ4v) is 2.60. The molecule has 2 nitrogen and oxygen atoms in total. The molecule has 2 rings (SSSR count). The minimum Gasteiger partial charge on any atom is -0.341 e. The van der Waals surface area contributed by atoms with Gasteiger partial charge in [0.2, 0.25) is 5.91 Å². The molecule has 0 atom stereocenters. The molecule has 1 aromatic carbocycles. The predicted molar refractivity (Wildman–Crippen MR) is 75.9 cm³/mol. The number of thiophene rings is 1. The average Bonchev–Trinajstić information content (AvgIpc) is 2.81. The molecule has 0 aliphatic heterocycles. The van der Waals surface area contributed by atoms with Crippen LogP contribution in [0.2, 0.25) is 5.02 Å². The van der Waals surface area contributed by atoms with Gasteiger partial charge in [0.1, 0.15) is 0 Å². The van der Waals surface area contributed by atoms with Crippen LogP contribution >= 0.6 is 22.9 Å². The zero-order chi connectivity index (χ0) is 13.0. The first-order valence-corrected chi connectivity index (χ1v) is 6.91. The number of carbonyl (C=O) groups excluding carboxylic acids is 1. The second-order valence-corrected chi connectivity index (χ2v) is 5.60. The van der Waals surface area contributed by atoms with Crippen LogP contribution < -0.4 is 0 Å². The lowest BCUT2D eigenvalue weighted by atomic mass is 10.2. The SMILES string of the molecule is CN(Cc1cccc(Cl)c1)C(=O)Cc1cccs1. The van der Waals surface area contributed by atoms with Crippen molar-refractivity contribution in [2.45, 2.75) is 13.0 Å². The van der Waals surface area contributed by atoms with Gasteiger partial charge >= 0.3 is 0 Å². The van der Waals surface area contributed by atoms with Crippen molar-refractivity contribution in [3.63, 3.8) is 0 Å². The van der Waals surface area contributed by atoms with Gasteiger partial charge in [-0.3, -0.25) is 4.79 Å². The van der Waals surface area contributed by atoms with Crippen LogP contribution in [-0.2, 0) is 17.8 Å². The molecule has 0 fully saturated rings. The monoisotopic (exact) mass is 279 g/mol. The second-order valence-electron chi connectivity index (χ2n) is 4.14. The summed E-state index contributed by atoms with van der Waals surface area (Å²) in [6.07, 6.45) is 0.467. The Morgan fingerprint density at radius 1 is 1.33 bits per heavy atom. The minimum absolute atomic E-state index is 0.123. The highest BCUT2D eigenvalue weighted by Gasteiger charge is 2.10. The number of hydrogen-bond acceptors (Lipinski definition) is 2. The fourth-order valence-electron chi connectivity index (χ4n) is 1.69. The molecule has 1 heterocycles. The fraction of sp³-hybridized carbons (Fsp3) is 0.214. The van der Waals surface area contributed by atoms with Crippen molar-refractivity contribution in [3.05, 3.63) is 57.2 Å². The maximum Gasteiger partial charge on any atom is 0.227 e. The summed E-state index contributed by atoms with van der Waals surface area (Å²) in [5.41, 5.74) is 1.05. The van der Waals surface area contributed by atoms with Gasteiger partial charge in [-0.1, -0.05) is 29.8 Å². The van der Waals surface area contributed by atoms with Gasteiger partial charge in [0.15, 0.2) is 0 Å². The van der Waals surface area contributed by atoms with Gasteiger partial charge < -0.3 is 4.90 Å². The van der Waals surface area contributed by atoms with Crippen molar-refractivity contribution in [3.8, 4) is 0 Å². The van der Waals surface area contributed by atoms with Crippen LogP contribution in [0.1, 0.15) is 10.4 Å². The van der Waals surface area contributed by atoms with E-state index in [0.717, 1.165) is 10.4 Å². The Morgan fingerprint density at radius 3 is 2.83 bits per heavy atom. The molecule has 0 N–H and O–H groups in total. The van der Waals surface area contributed by atoms with Gasteiger partial charge in [-0.25, -0.2) is 0 Å². The van der Waals surface area contributed by atoms with Gasteiger partial charge in [0.25, 0.3) is 0 Å². The number of halogens is 1. The highest BCUT2D eigenvalue weighted by atomic mass is 35.5. The number of carbonyl (C=O) groups is 1. The van der Waals surface area contributed by atoms with Crippen molar-refractivity contribution < 1.29 is 4.79 Å². The summed E-state index contributed by atoms with van der Waals surface area (Å²) in [5.74, 6) is 0.123. The zero-order valence-electron chi connectivity index (χ0n) is 10.1. The van der Waals surface area contributed by atoms with Crippen molar-refractivity contribution in [1.29, 1.82) is 0 Å². The first-order valence-electron chi connectivity index (χ1n) is 5.66. The third-order valence-corrected chi connectivity index (χ3v) is 3.75. The number of amides is 1. The molecule has 0 radical (unpaired) electrons. The lowest BCUT2D eigenvalue weighted by Gasteiger charge is -2.17. The molecular formula is C14H14ClNOS. The molecule has 0 saturated heterocycles. The van der Waals surface area contributed by atoms with Gasteiger partial charge in [-0.05, 0) is 29.1 Å². The van der Waals surface area contributed by atoms with Crippen LogP contribution in [0.25, 0.3) is 0 Å². The van der Waals surface area contributed by atoms with Crippen molar-refractivity contribution in [2.75, 3.05) is 7.05 Å². The van der Waals surface area contributed by atoms with E-state index in [1.165, 1.54) is 0 Å². The summed E-state index contributed by atoms with van der Waals surface area (Å²) in [6.45, 7) is 0.588. The van der Waals surface area contributed by atoms with Crippen LogP contribution in [-0.4, -0.2) is 17.9 Å². The van der Waals surface area contributed by atoms with Crippen molar-refractivity contribution >= 4 is 28.8 Å². The summed E-state index contributed by atoms with van der Waals surface area (Å²) in [7, 11) is 1.82. The molecule has 0 spiro atoms. The molecule has 0 saturated carbocycles. The Balaban J connectivity index is 1.95. The molecule has 1 amide bonds. The Morgan fingerprint density at radius 2 is 2.17 bits per heavy atom. The molecule has 0 unspecified atom stereocenters. The Hall–Kier alpha value is -1.32. The molecule has 0 aliphatic rings. The standard InChI is InChI=1S/C14H14ClNOS/c1-16(10-11-4-2-5-12(15)8-11)14(17)9-13-6-3-7-18-13/h2-8H,9-10H2,1H3. The first kappa shape index (κ1) is 13.1. The largest absolute Gasteiger partial charge is 0.341 e. The molecule has 4 heteroatoms. The lowest BCUT2D eigenvalue weighted by Crippen LogP contribution is -2.27. The normalized spacial score (nSPS) is 10.3. The molecule has 0 bridgehead atoms. The summed E-state index contributed by atoms with van der Waals surface area (Å²) < 4.78 is 0. The summed E-state index contributed by atoms with van der Waals surface area (Å²) >= 11 is 7.53. The molecule has 1 aromatic heterocycles. The summed E-state index contributed by atoms with van der Waals surface area (Å²) in [6, 6.07) is 11.5. The zero-order valence-corrected chi connectivity index (χ0v) is 11.7. The van der Waals surface area contributed by atoms with Crippen molar-refractivity contribution in [2.24, 2.45) is 0 Å². The predicted octanol–water partition coefficient (Wildman–Crippen LogP) is 3.60. The third kappa shape index (κ3) is 3.59. The van der Waals surface area contributed by atoms with E-state index in [9.17, 15) is 4.79 Å². The smallest absolute Gasteiger partial charge is 0.227 e. The van der Waals surface area contributed by atoms with Crippen LogP contribution in [0.5, 0.6) is 0 Å². The van der Waals surface area contributed by atoms with Crippen molar-refractivity contribution in [1.82, 2.24) is 4.90 Å². The Labute approximate surface area is 116 Å². The van der Waals surface area contributed by atoms with E-state index in [-0.39, 0.29) is 5.91 Å². The Bertz CT molecular complexity index is 524. The molecule has 18 heavy (non-hydrogen) atoms. The molecule has 2 aromatic rings. The van der Waals surface area contributed by atoms with Gasteiger partial charge in [-0.2, -0.15) is 0 Å². The maximum atomic E-state index is 12.0. The van der Waals surface area contributed by atoms with Crippen LogP contribution in [0.3, 0.4) is 0 Å². The van der Waals surface area contributed by atoms with Crippen LogP contribution in [0, 0.1) is 0 Å². The van der Waals surface area contributed by atoms with E-state index in [1.54, 1.807) is 16.2 Å². The Kier molecular flexibility index (Phi) is 4.39. The maximum absolute atomic E-state index is 12.0. The van der Waals surface area contributed by atoms with E-state index < -0.39 is 0 Å². The molecule has 0 aliphatic carbocycles.